The Hall–Kier alpha value is -0.410. The second kappa shape index (κ2) is 1.78. The van der Waals surface area contributed by atoms with Crippen molar-refractivity contribution in [2.75, 3.05) is 6.61 Å². The Labute approximate surface area is 53.9 Å². The van der Waals surface area contributed by atoms with E-state index < -0.39 is 5.54 Å². The van der Waals surface area contributed by atoms with Crippen LogP contribution in [0.1, 0.15) is 13.3 Å². The summed E-state index contributed by atoms with van der Waals surface area (Å²) in [6.45, 7) is 1.51. The summed E-state index contributed by atoms with van der Waals surface area (Å²) in [6.07, 6.45) is 0.652. The Kier molecular flexibility index (Phi) is 1.33. The van der Waals surface area contributed by atoms with Gasteiger partial charge in [0.1, 0.15) is 5.78 Å². The fraction of sp³-hybridized carbons (Fsp3) is 0.833. The van der Waals surface area contributed by atoms with Crippen molar-refractivity contribution in [2.45, 2.75) is 18.9 Å². The van der Waals surface area contributed by atoms with Gasteiger partial charge in [-0.2, -0.15) is 0 Å². The van der Waals surface area contributed by atoms with Gasteiger partial charge in [0.05, 0.1) is 5.54 Å². The standard InChI is InChI=1S/C6H11NO2/c1-4(9)6(7)2-5(6)3-8/h5,8H,2-3,7H2,1H3/t5-,6+/m1/s1. The van der Waals surface area contributed by atoms with Crippen LogP contribution in [0.3, 0.4) is 0 Å². The molecule has 1 saturated carbocycles. The van der Waals surface area contributed by atoms with Crippen LogP contribution in [0, 0.1) is 5.92 Å². The SMILES string of the molecule is CC(=O)[C@@]1(N)C[C@@H]1CO. The van der Waals surface area contributed by atoms with Crippen molar-refractivity contribution in [1.29, 1.82) is 0 Å². The van der Waals surface area contributed by atoms with Gasteiger partial charge in [-0.3, -0.25) is 4.79 Å². The summed E-state index contributed by atoms with van der Waals surface area (Å²) in [7, 11) is 0. The van der Waals surface area contributed by atoms with E-state index in [1.165, 1.54) is 6.92 Å². The van der Waals surface area contributed by atoms with Crippen LogP contribution in [0.5, 0.6) is 0 Å². The molecule has 0 aromatic heterocycles. The third-order valence-electron chi connectivity index (χ3n) is 2.03. The maximum atomic E-state index is 10.7. The predicted octanol–water partition coefficient (Wildman–Crippen LogP) is -0.715. The molecule has 0 bridgehead atoms. The lowest BCUT2D eigenvalue weighted by Crippen LogP contribution is -2.34. The van der Waals surface area contributed by atoms with E-state index in [1.54, 1.807) is 0 Å². The molecule has 3 N–H and O–H groups in total. The zero-order valence-electron chi connectivity index (χ0n) is 5.42. The van der Waals surface area contributed by atoms with Crippen LogP contribution in [0.25, 0.3) is 0 Å². The fourth-order valence-electron chi connectivity index (χ4n) is 1.01. The lowest BCUT2D eigenvalue weighted by molar-refractivity contribution is -0.119. The number of hydrogen-bond donors (Lipinski definition) is 2. The maximum Gasteiger partial charge on any atom is 0.149 e. The highest BCUT2D eigenvalue weighted by molar-refractivity contribution is 5.89. The van der Waals surface area contributed by atoms with Crippen molar-refractivity contribution in [1.82, 2.24) is 0 Å². The molecule has 0 saturated heterocycles. The number of ketones is 1. The van der Waals surface area contributed by atoms with Crippen LogP contribution in [-0.4, -0.2) is 23.0 Å². The molecule has 9 heavy (non-hydrogen) atoms. The fourth-order valence-corrected chi connectivity index (χ4v) is 1.01. The van der Waals surface area contributed by atoms with Gasteiger partial charge in [0.15, 0.2) is 0 Å². The molecular formula is C6H11NO2. The molecule has 0 spiro atoms. The summed E-state index contributed by atoms with van der Waals surface area (Å²) in [4.78, 5) is 10.7. The summed E-state index contributed by atoms with van der Waals surface area (Å²) in [5.74, 6) is 0.0107. The molecule has 0 aliphatic heterocycles. The molecule has 0 aromatic rings. The van der Waals surface area contributed by atoms with E-state index in [0.29, 0.717) is 6.42 Å². The molecule has 1 rings (SSSR count). The first-order valence-electron chi connectivity index (χ1n) is 3.02. The molecule has 2 atom stereocenters. The van der Waals surface area contributed by atoms with Gasteiger partial charge >= 0.3 is 0 Å². The minimum Gasteiger partial charge on any atom is -0.396 e. The number of Topliss-reactive ketones (excluding diaryl/α,β-unsaturated/α-hetero) is 1. The Bertz CT molecular complexity index is 146. The average Bonchev–Trinajstić information content (AvgIpc) is 2.44. The summed E-state index contributed by atoms with van der Waals surface area (Å²) >= 11 is 0. The van der Waals surface area contributed by atoms with E-state index in [-0.39, 0.29) is 18.3 Å². The van der Waals surface area contributed by atoms with Gasteiger partial charge in [-0.05, 0) is 13.3 Å². The average molecular weight is 129 g/mol. The van der Waals surface area contributed by atoms with Crippen LogP contribution in [0.4, 0.5) is 0 Å². The highest BCUT2D eigenvalue weighted by Crippen LogP contribution is 2.40. The third kappa shape index (κ3) is 0.862. The number of carbonyl (C=O) groups excluding carboxylic acids is 1. The normalized spacial score (nSPS) is 40.6. The van der Waals surface area contributed by atoms with Crippen molar-refractivity contribution in [3.8, 4) is 0 Å². The molecule has 3 nitrogen and oxygen atoms in total. The smallest absolute Gasteiger partial charge is 0.149 e. The molecule has 3 heteroatoms. The van der Waals surface area contributed by atoms with Crippen LogP contribution in [0.15, 0.2) is 0 Å². The van der Waals surface area contributed by atoms with Gasteiger partial charge in [0, 0.05) is 12.5 Å². The minimum absolute atomic E-state index is 0.0125. The number of carbonyl (C=O) groups is 1. The molecule has 0 heterocycles. The highest BCUT2D eigenvalue weighted by Gasteiger charge is 2.54. The Morgan fingerprint density at radius 3 is 2.67 bits per heavy atom. The first kappa shape index (κ1) is 6.71. The molecule has 1 fully saturated rings. The summed E-state index contributed by atoms with van der Waals surface area (Å²) in [5, 5.41) is 8.56. The Morgan fingerprint density at radius 1 is 2.00 bits per heavy atom. The van der Waals surface area contributed by atoms with E-state index in [0.717, 1.165) is 0 Å². The van der Waals surface area contributed by atoms with Gasteiger partial charge in [-0.1, -0.05) is 0 Å². The lowest BCUT2D eigenvalue weighted by Gasteiger charge is -2.02. The topological polar surface area (TPSA) is 63.3 Å². The van der Waals surface area contributed by atoms with Crippen molar-refractivity contribution < 1.29 is 9.90 Å². The second-order valence-corrected chi connectivity index (χ2v) is 2.68. The number of nitrogens with two attached hydrogens (primary N) is 1. The number of aliphatic hydroxyl groups is 1. The van der Waals surface area contributed by atoms with Crippen molar-refractivity contribution >= 4 is 5.78 Å². The van der Waals surface area contributed by atoms with Gasteiger partial charge < -0.3 is 10.8 Å². The van der Waals surface area contributed by atoms with E-state index in [1.807, 2.05) is 0 Å². The Balaban J connectivity index is 2.52. The lowest BCUT2D eigenvalue weighted by atomic mass is 10.1. The molecule has 0 radical (unpaired) electrons. The maximum absolute atomic E-state index is 10.7. The molecule has 0 amide bonds. The summed E-state index contributed by atoms with van der Waals surface area (Å²) < 4.78 is 0. The van der Waals surface area contributed by atoms with Crippen LogP contribution in [-0.2, 0) is 4.79 Å². The molecule has 0 unspecified atom stereocenters. The first-order chi connectivity index (χ1) is 4.11. The van der Waals surface area contributed by atoms with E-state index in [9.17, 15) is 4.79 Å². The highest BCUT2D eigenvalue weighted by atomic mass is 16.3. The van der Waals surface area contributed by atoms with Gasteiger partial charge in [-0.15, -0.1) is 0 Å². The van der Waals surface area contributed by atoms with Gasteiger partial charge in [0.2, 0.25) is 0 Å². The number of rotatable bonds is 2. The first-order valence-corrected chi connectivity index (χ1v) is 3.02. The van der Waals surface area contributed by atoms with E-state index in [2.05, 4.69) is 0 Å². The monoisotopic (exact) mass is 129 g/mol. The largest absolute Gasteiger partial charge is 0.396 e. The molecule has 1 aliphatic rings. The van der Waals surface area contributed by atoms with E-state index >= 15 is 0 Å². The zero-order valence-corrected chi connectivity index (χ0v) is 5.42. The van der Waals surface area contributed by atoms with Crippen LogP contribution in [0.2, 0.25) is 0 Å². The van der Waals surface area contributed by atoms with Gasteiger partial charge in [0.25, 0.3) is 0 Å². The Morgan fingerprint density at radius 2 is 2.56 bits per heavy atom. The molecular weight excluding hydrogens is 118 g/mol. The van der Waals surface area contributed by atoms with Crippen LogP contribution >= 0.6 is 0 Å². The summed E-state index contributed by atoms with van der Waals surface area (Å²) in [6, 6.07) is 0. The van der Waals surface area contributed by atoms with Crippen molar-refractivity contribution in [3.05, 3.63) is 0 Å². The number of hydrogen-bond acceptors (Lipinski definition) is 3. The molecule has 1 aliphatic carbocycles. The number of aliphatic hydroxyl groups excluding tert-OH is 1. The van der Waals surface area contributed by atoms with Crippen molar-refractivity contribution in [3.63, 3.8) is 0 Å². The molecule has 52 valence electrons. The van der Waals surface area contributed by atoms with E-state index in [4.69, 9.17) is 10.8 Å². The van der Waals surface area contributed by atoms with Crippen LogP contribution < -0.4 is 5.73 Å². The minimum atomic E-state index is -0.672. The molecule has 0 aromatic carbocycles. The van der Waals surface area contributed by atoms with Gasteiger partial charge in [-0.25, -0.2) is 0 Å². The third-order valence-corrected chi connectivity index (χ3v) is 2.03. The second-order valence-electron chi connectivity index (χ2n) is 2.68. The predicted molar refractivity (Wildman–Crippen MR) is 32.8 cm³/mol. The zero-order chi connectivity index (χ0) is 7.07. The quantitative estimate of drug-likeness (QED) is 0.517. The van der Waals surface area contributed by atoms with Crippen molar-refractivity contribution in [2.24, 2.45) is 11.7 Å². The summed E-state index contributed by atoms with van der Waals surface area (Å²) in [5.41, 5.74) is 4.86.